The number of nitrogens with zero attached hydrogens (tertiary/aromatic N) is 1. The maximum Gasteiger partial charge on any atom is 0.213 e. The van der Waals surface area contributed by atoms with Crippen LogP contribution < -0.4 is 5.32 Å². The lowest BCUT2D eigenvalue weighted by Crippen LogP contribution is -2.15. The summed E-state index contributed by atoms with van der Waals surface area (Å²) in [6.07, 6.45) is 6.00. The van der Waals surface area contributed by atoms with Crippen molar-refractivity contribution in [2.75, 3.05) is 21.2 Å². The van der Waals surface area contributed by atoms with Crippen LogP contribution in [0.2, 0.25) is 0 Å². The van der Waals surface area contributed by atoms with Crippen molar-refractivity contribution in [2.45, 2.75) is 32.1 Å². The van der Waals surface area contributed by atoms with Gasteiger partial charge in [0, 0.05) is 25.4 Å². The first kappa shape index (κ1) is 11.1. The van der Waals surface area contributed by atoms with Crippen molar-refractivity contribution < 1.29 is 4.74 Å². The number of ether oxygens (including phenoxy) is 1. The average molecular weight is 196 g/mol. The Hall–Kier alpha value is -0.990. The molecule has 0 unspecified atom stereocenters. The highest BCUT2D eigenvalue weighted by Gasteiger charge is 2.15. The van der Waals surface area contributed by atoms with Gasteiger partial charge in [0.1, 0.15) is 0 Å². The molecule has 0 fully saturated rings. The molecule has 1 rings (SSSR count). The van der Waals surface area contributed by atoms with Crippen LogP contribution >= 0.6 is 0 Å². The lowest BCUT2D eigenvalue weighted by molar-refractivity contribution is 0.400. The van der Waals surface area contributed by atoms with Crippen molar-refractivity contribution in [3.8, 4) is 0 Å². The topological polar surface area (TPSA) is 33.6 Å². The minimum atomic E-state index is 0.788. The van der Waals surface area contributed by atoms with E-state index in [2.05, 4.69) is 10.3 Å². The van der Waals surface area contributed by atoms with Gasteiger partial charge in [0.05, 0.1) is 7.11 Å². The van der Waals surface area contributed by atoms with Gasteiger partial charge in [0.2, 0.25) is 5.90 Å². The van der Waals surface area contributed by atoms with Crippen LogP contribution in [0.15, 0.2) is 16.3 Å². The van der Waals surface area contributed by atoms with Gasteiger partial charge in [-0.25, -0.2) is 0 Å². The molecule has 0 aromatic rings. The van der Waals surface area contributed by atoms with Gasteiger partial charge in [-0.05, 0) is 25.7 Å². The molecule has 0 heterocycles. The highest BCUT2D eigenvalue weighted by molar-refractivity contribution is 5.94. The van der Waals surface area contributed by atoms with Crippen molar-refractivity contribution >= 4 is 5.90 Å². The molecular weight excluding hydrogens is 176 g/mol. The van der Waals surface area contributed by atoms with Crippen molar-refractivity contribution in [3.05, 3.63) is 11.3 Å². The Balaban J connectivity index is 2.91. The summed E-state index contributed by atoms with van der Waals surface area (Å²) in [5.41, 5.74) is 2.56. The summed E-state index contributed by atoms with van der Waals surface area (Å²) in [5, 5.41) is 3.26. The van der Waals surface area contributed by atoms with E-state index in [1.807, 2.05) is 7.05 Å². The van der Waals surface area contributed by atoms with Gasteiger partial charge in [0.15, 0.2) is 0 Å². The number of rotatable bonds is 2. The number of methoxy groups -OCH3 is 1. The molecule has 0 aromatic heterocycles. The molecule has 0 atom stereocenters. The zero-order valence-corrected chi connectivity index (χ0v) is 9.39. The van der Waals surface area contributed by atoms with Crippen LogP contribution in [0, 0.1) is 0 Å². The van der Waals surface area contributed by atoms with E-state index < -0.39 is 0 Å². The quantitative estimate of drug-likeness (QED) is 0.542. The standard InChI is InChI=1S/C11H20N2O/c1-12-10-8-6-4-5-7-9(10)11(13-2)14-3/h12H,4-8H2,1-3H3/b13-11+. The van der Waals surface area contributed by atoms with E-state index in [0.717, 1.165) is 18.7 Å². The molecule has 0 saturated carbocycles. The van der Waals surface area contributed by atoms with Crippen LogP contribution in [0.5, 0.6) is 0 Å². The highest BCUT2D eigenvalue weighted by Crippen LogP contribution is 2.23. The summed E-state index contributed by atoms with van der Waals surface area (Å²) in [4.78, 5) is 4.17. The molecule has 14 heavy (non-hydrogen) atoms. The lowest BCUT2D eigenvalue weighted by atomic mass is 10.1. The first-order chi connectivity index (χ1) is 6.83. The molecule has 0 bridgehead atoms. The van der Waals surface area contributed by atoms with Gasteiger partial charge < -0.3 is 10.1 Å². The van der Waals surface area contributed by atoms with E-state index in [-0.39, 0.29) is 0 Å². The van der Waals surface area contributed by atoms with Gasteiger partial charge in [-0.1, -0.05) is 6.42 Å². The largest absolute Gasteiger partial charge is 0.481 e. The minimum absolute atomic E-state index is 0.788. The zero-order chi connectivity index (χ0) is 10.4. The van der Waals surface area contributed by atoms with Gasteiger partial charge in [-0.2, -0.15) is 0 Å². The maximum atomic E-state index is 5.28. The fourth-order valence-electron chi connectivity index (χ4n) is 1.94. The Kier molecular flexibility index (Phi) is 4.50. The fourth-order valence-corrected chi connectivity index (χ4v) is 1.94. The SMILES string of the molecule is C/N=C(/OC)C1=C(NC)CCCCC1. The molecule has 80 valence electrons. The molecule has 0 amide bonds. The van der Waals surface area contributed by atoms with Crippen molar-refractivity contribution in [2.24, 2.45) is 4.99 Å². The van der Waals surface area contributed by atoms with Gasteiger partial charge in [-0.3, -0.25) is 4.99 Å². The van der Waals surface area contributed by atoms with Gasteiger partial charge in [-0.15, -0.1) is 0 Å². The normalized spacial score (nSPS) is 19.2. The first-order valence-corrected chi connectivity index (χ1v) is 5.24. The van der Waals surface area contributed by atoms with E-state index in [9.17, 15) is 0 Å². The average Bonchev–Trinajstić information content (AvgIpc) is 2.45. The van der Waals surface area contributed by atoms with Crippen LogP contribution in [-0.2, 0) is 4.74 Å². The summed E-state index contributed by atoms with van der Waals surface area (Å²) in [7, 11) is 5.45. The Bertz CT molecular complexity index is 244. The summed E-state index contributed by atoms with van der Waals surface area (Å²) < 4.78 is 5.28. The second-order valence-corrected chi connectivity index (χ2v) is 3.50. The van der Waals surface area contributed by atoms with Crippen LogP contribution in [0.3, 0.4) is 0 Å². The smallest absolute Gasteiger partial charge is 0.213 e. The van der Waals surface area contributed by atoms with Crippen LogP contribution in [-0.4, -0.2) is 27.1 Å². The second-order valence-electron chi connectivity index (χ2n) is 3.50. The highest BCUT2D eigenvalue weighted by atomic mass is 16.5. The Morgan fingerprint density at radius 2 is 2.00 bits per heavy atom. The second kappa shape index (κ2) is 5.68. The first-order valence-electron chi connectivity index (χ1n) is 5.24. The molecule has 0 saturated heterocycles. The monoisotopic (exact) mass is 196 g/mol. The number of aliphatic imine (C=N–C) groups is 1. The Morgan fingerprint density at radius 1 is 1.29 bits per heavy atom. The Morgan fingerprint density at radius 3 is 2.57 bits per heavy atom. The molecule has 3 nitrogen and oxygen atoms in total. The fraction of sp³-hybridized carbons (Fsp3) is 0.727. The van der Waals surface area contributed by atoms with E-state index in [1.165, 1.54) is 30.5 Å². The summed E-state index contributed by atoms with van der Waals surface area (Å²) in [6, 6.07) is 0. The molecule has 0 aliphatic heterocycles. The molecule has 0 aromatic carbocycles. The molecule has 1 aliphatic carbocycles. The van der Waals surface area contributed by atoms with Crippen LogP contribution in [0.25, 0.3) is 0 Å². The Labute approximate surface area is 86.3 Å². The summed E-state index contributed by atoms with van der Waals surface area (Å²) in [6.45, 7) is 0. The summed E-state index contributed by atoms with van der Waals surface area (Å²) in [5.74, 6) is 0.788. The van der Waals surface area contributed by atoms with Gasteiger partial charge >= 0.3 is 0 Å². The third-order valence-corrected chi connectivity index (χ3v) is 2.67. The molecule has 1 aliphatic rings. The third kappa shape index (κ3) is 2.50. The van der Waals surface area contributed by atoms with Gasteiger partial charge in [0.25, 0.3) is 0 Å². The van der Waals surface area contributed by atoms with E-state index in [0.29, 0.717) is 0 Å². The third-order valence-electron chi connectivity index (χ3n) is 2.67. The number of hydrogen-bond acceptors (Lipinski definition) is 3. The van der Waals surface area contributed by atoms with Crippen molar-refractivity contribution in [1.29, 1.82) is 0 Å². The van der Waals surface area contributed by atoms with Crippen LogP contribution in [0.4, 0.5) is 0 Å². The van der Waals surface area contributed by atoms with E-state index in [1.54, 1.807) is 14.2 Å². The van der Waals surface area contributed by atoms with Crippen LogP contribution in [0.1, 0.15) is 32.1 Å². The van der Waals surface area contributed by atoms with Crippen molar-refractivity contribution in [3.63, 3.8) is 0 Å². The molecule has 3 heteroatoms. The molecule has 0 spiro atoms. The predicted octanol–water partition coefficient (Wildman–Crippen LogP) is 2.10. The number of hydrogen-bond donors (Lipinski definition) is 1. The summed E-state index contributed by atoms with van der Waals surface area (Å²) >= 11 is 0. The van der Waals surface area contributed by atoms with E-state index in [4.69, 9.17) is 4.74 Å². The lowest BCUT2D eigenvalue weighted by Gasteiger charge is -2.13. The van der Waals surface area contributed by atoms with Crippen molar-refractivity contribution in [1.82, 2.24) is 5.32 Å². The minimum Gasteiger partial charge on any atom is -0.481 e. The number of allylic oxidation sites excluding steroid dienone is 1. The molecule has 1 N–H and O–H groups in total. The zero-order valence-electron chi connectivity index (χ0n) is 9.39. The van der Waals surface area contributed by atoms with E-state index >= 15 is 0 Å². The number of nitrogens with one attached hydrogen (secondary N) is 1. The maximum absolute atomic E-state index is 5.28. The predicted molar refractivity (Wildman–Crippen MR) is 59.5 cm³/mol. The molecule has 0 radical (unpaired) electrons. The molecular formula is C11H20N2O.